The van der Waals surface area contributed by atoms with Crippen molar-refractivity contribution in [2.45, 2.75) is 12.8 Å². The topological polar surface area (TPSA) is 86.5 Å². The number of hydrogen-bond donors (Lipinski definition) is 2. The van der Waals surface area contributed by atoms with Crippen LogP contribution in [0.25, 0.3) is 0 Å². The van der Waals surface area contributed by atoms with Crippen molar-refractivity contribution in [3.63, 3.8) is 0 Å². The molecule has 0 spiro atoms. The van der Waals surface area contributed by atoms with Gasteiger partial charge in [-0.1, -0.05) is 0 Å². The third-order valence-electron chi connectivity index (χ3n) is 1.60. The van der Waals surface area contributed by atoms with E-state index in [-0.39, 0.29) is 13.0 Å². The van der Waals surface area contributed by atoms with Gasteiger partial charge in [-0.3, -0.25) is 4.79 Å². The molecule has 0 radical (unpaired) electrons. The van der Waals surface area contributed by atoms with Crippen LogP contribution in [-0.2, 0) is 15.0 Å². The lowest BCUT2D eigenvalue weighted by Crippen LogP contribution is -2.30. The maximum atomic E-state index is 11.1. The molecule has 0 bridgehead atoms. The van der Waals surface area contributed by atoms with Gasteiger partial charge < -0.3 is 5.11 Å². The SMILES string of the molecule is O=C(O)CCCNS(=O)(=O)N1CC1. The summed E-state index contributed by atoms with van der Waals surface area (Å²) in [6.07, 6.45) is 0.310. The molecule has 0 unspecified atom stereocenters. The van der Waals surface area contributed by atoms with E-state index in [0.717, 1.165) is 0 Å². The van der Waals surface area contributed by atoms with E-state index >= 15 is 0 Å². The van der Waals surface area contributed by atoms with Gasteiger partial charge in [0.2, 0.25) is 0 Å². The largest absolute Gasteiger partial charge is 0.481 e. The first-order valence-electron chi connectivity index (χ1n) is 3.99. The van der Waals surface area contributed by atoms with Crippen LogP contribution in [0.2, 0.25) is 0 Å². The Hall–Kier alpha value is -0.660. The van der Waals surface area contributed by atoms with Crippen LogP contribution < -0.4 is 4.72 Å². The van der Waals surface area contributed by atoms with Crippen LogP contribution in [0.15, 0.2) is 0 Å². The number of carboxylic acids is 1. The van der Waals surface area contributed by atoms with Crippen molar-refractivity contribution >= 4 is 16.2 Å². The average molecular weight is 208 g/mol. The summed E-state index contributed by atoms with van der Waals surface area (Å²) in [4.78, 5) is 10.1. The number of nitrogens with one attached hydrogen (secondary N) is 1. The lowest BCUT2D eigenvalue weighted by atomic mass is 10.3. The summed E-state index contributed by atoms with van der Waals surface area (Å²) in [5.41, 5.74) is 0. The van der Waals surface area contributed by atoms with Crippen LogP contribution in [0.1, 0.15) is 12.8 Å². The molecule has 1 fully saturated rings. The van der Waals surface area contributed by atoms with Crippen molar-refractivity contribution in [1.29, 1.82) is 0 Å². The summed E-state index contributed by atoms with van der Waals surface area (Å²) < 4.78 is 25.8. The van der Waals surface area contributed by atoms with E-state index in [2.05, 4.69) is 4.72 Å². The molecule has 7 heteroatoms. The Morgan fingerprint density at radius 1 is 1.46 bits per heavy atom. The third kappa shape index (κ3) is 3.71. The maximum absolute atomic E-state index is 11.1. The van der Waals surface area contributed by atoms with Crippen molar-refractivity contribution in [2.24, 2.45) is 0 Å². The second-order valence-electron chi connectivity index (χ2n) is 2.80. The minimum atomic E-state index is -3.29. The molecular formula is C6H12N2O4S. The lowest BCUT2D eigenvalue weighted by molar-refractivity contribution is -0.137. The molecule has 2 N–H and O–H groups in total. The predicted octanol–water partition coefficient (Wildman–Crippen LogP) is -0.999. The van der Waals surface area contributed by atoms with Gasteiger partial charge in [0, 0.05) is 26.1 Å². The molecule has 0 saturated carbocycles. The molecule has 0 aliphatic carbocycles. The Balaban J connectivity index is 2.15. The van der Waals surface area contributed by atoms with E-state index in [1.54, 1.807) is 0 Å². The Kier molecular flexibility index (Phi) is 3.23. The fourth-order valence-electron chi connectivity index (χ4n) is 0.813. The molecule has 6 nitrogen and oxygen atoms in total. The summed E-state index contributed by atoms with van der Waals surface area (Å²) in [5.74, 6) is -0.911. The number of carboxylic acid groups (broad SMARTS) is 1. The summed E-state index contributed by atoms with van der Waals surface area (Å²) in [7, 11) is -3.29. The summed E-state index contributed by atoms with van der Waals surface area (Å²) in [6.45, 7) is 1.31. The van der Waals surface area contributed by atoms with Gasteiger partial charge in [0.15, 0.2) is 0 Å². The second-order valence-corrected chi connectivity index (χ2v) is 4.55. The van der Waals surface area contributed by atoms with Crippen LogP contribution in [0.5, 0.6) is 0 Å². The van der Waals surface area contributed by atoms with E-state index in [1.807, 2.05) is 0 Å². The molecule has 76 valence electrons. The maximum Gasteiger partial charge on any atom is 0.303 e. The molecule has 0 atom stereocenters. The second kappa shape index (κ2) is 4.03. The van der Waals surface area contributed by atoms with Crippen molar-refractivity contribution < 1.29 is 18.3 Å². The zero-order valence-electron chi connectivity index (χ0n) is 7.06. The predicted molar refractivity (Wildman–Crippen MR) is 45.4 cm³/mol. The average Bonchev–Trinajstić information content (AvgIpc) is 2.79. The van der Waals surface area contributed by atoms with Gasteiger partial charge in [0.1, 0.15) is 0 Å². The van der Waals surface area contributed by atoms with Gasteiger partial charge in [-0.25, -0.2) is 4.72 Å². The fraction of sp³-hybridized carbons (Fsp3) is 0.833. The van der Waals surface area contributed by atoms with Crippen LogP contribution in [0.3, 0.4) is 0 Å². The van der Waals surface area contributed by atoms with Gasteiger partial charge >= 0.3 is 5.97 Å². The molecule has 1 saturated heterocycles. The van der Waals surface area contributed by atoms with Crippen molar-refractivity contribution in [2.75, 3.05) is 19.6 Å². The zero-order chi connectivity index (χ0) is 9.90. The van der Waals surface area contributed by atoms with E-state index in [4.69, 9.17) is 5.11 Å². The highest BCUT2D eigenvalue weighted by atomic mass is 32.2. The molecule has 0 amide bonds. The van der Waals surface area contributed by atoms with E-state index in [0.29, 0.717) is 19.5 Å². The normalized spacial score (nSPS) is 17.2. The molecule has 1 rings (SSSR count). The first-order valence-corrected chi connectivity index (χ1v) is 5.43. The smallest absolute Gasteiger partial charge is 0.303 e. The monoisotopic (exact) mass is 208 g/mol. The number of hydrogen-bond acceptors (Lipinski definition) is 3. The first kappa shape index (κ1) is 10.4. The van der Waals surface area contributed by atoms with E-state index in [1.165, 1.54) is 4.31 Å². The van der Waals surface area contributed by atoms with Crippen LogP contribution in [-0.4, -0.2) is 43.4 Å². The highest BCUT2D eigenvalue weighted by Gasteiger charge is 2.30. The fourth-order valence-corrected chi connectivity index (χ4v) is 1.96. The lowest BCUT2D eigenvalue weighted by Gasteiger charge is -2.04. The molecule has 0 aromatic rings. The van der Waals surface area contributed by atoms with Gasteiger partial charge in [-0.2, -0.15) is 12.7 Å². The van der Waals surface area contributed by atoms with Crippen LogP contribution in [0.4, 0.5) is 0 Å². The summed E-state index contributed by atoms with van der Waals surface area (Å²) in [6, 6.07) is 0. The van der Waals surface area contributed by atoms with Gasteiger partial charge in [-0.05, 0) is 6.42 Å². The Bertz CT molecular complexity index is 283. The summed E-state index contributed by atoms with van der Waals surface area (Å²) >= 11 is 0. The highest BCUT2D eigenvalue weighted by Crippen LogP contribution is 2.08. The zero-order valence-corrected chi connectivity index (χ0v) is 7.88. The number of rotatable bonds is 6. The Labute approximate surface area is 76.7 Å². The summed E-state index contributed by atoms with van der Waals surface area (Å²) in [5, 5.41) is 8.28. The van der Waals surface area contributed by atoms with Crippen molar-refractivity contribution in [3.8, 4) is 0 Å². The molecule has 13 heavy (non-hydrogen) atoms. The van der Waals surface area contributed by atoms with E-state index in [9.17, 15) is 13.2 Å². The van der Waals surface area contributed by atoms with Gasteiger partial charge in [0.05, 0.1) is 0 Å². The Morgan fingerprint density at radius 2 is 2.08 bits per heavy atom. The molecule has 1 heterocycles. The molecule has 0 aromatic carbocycles. The minimum Gasteiger partial charge on any atom is -0.481 e. The number of carbonyl (C=O) groups is 1. The number of nitrogens with zero attached hydrogens (tertiary/aromatic N) is 1. The van der Waals surface area contributed by atoms with Crippen LogP contribution >= 0.6 is 0 Å². The quantitative estimate of drug-likeness (QED) is 0.433. The third-order valence-corrected chi connectivity index (χ3v) is 3.21. The minimum absolute atomic E-state index is 0.0114. The van der Waals surface area contributed by atoms with Gasteiger partial charge in [0.25, 0.3) is 10.2 Å². The van der Waals surface area contributed by atoms with Crippen LogP contribution in [0, 0.1) is 0 Å². The van der Waals surface area contributed by atoms with Crippen molar-refractivity contribution in [3.05, 3.63) is 0 Å². The molecule has 1 aliphatic rings. The molecule has 1 aliphatic heterocycles. The first-order chi connectivity index (χ1) is 6.02. The standard InChI is InChI=1S/C6H12N2O4S/c9-6(10)2-1-3-7-13(11,12)8-4-5-8/h7H,1-5H2,(H,9,10). The highest BCUT2D eigenvalue weighted by molar-refractivity contribution is 7.87. The van der Waals surface area contributed by atoms with E-state index < -0.39 is 16.2 Å². The number of aliphatic carboxylic acids is 1. The molecule has 0 aromatic heterocycles. The molecular weight excluding hydrogens is 196 g/mol. The van der Waals surface area contributed by atoms with Gasteiger partial charge in [-0.15, -0.1) is 0 Å². The Morgan fingerprint density at radius 3 is 2.54 bits per heavy atom. The van der Waals surface area contributed by atoms with Crippen molar-refractivity contribution in [1.82, 2.24) is 9.03 Å².